The molecular formula is C7H11O6P. The molecule has 0 saturated carbocycles. The molecule has 0 unspecified atom stereocenters. The fourth-order valence-corrected chi connectivity index (χ4v) is 1.06. The van der Waals surface area contributed by atoms with Gasteiger partial charge in [0, 0.05) is 21.1 Å². The van der Waals surface area contributed by atoms with Gasteiger partial charge in [-0.15, -0.1) is 0 Å². The van der Waals surface area contributed by atoms with Crippen LogP contribution in [0.2, 0.25) is 0 Å². The zero-order valence-corrected chi connectivity index (χ0v) is 9.00. The van der Waals surface area contributed by atoms with E-state index in [-0.39, 0.29) is 0 Å². The van der Waals surface area contributed by atoms with Crippen LogP contribution in [0.5, 0.6) is 0 Å². The van der Waals surface area contributed by atoms with Gasteiger partial charge in [0.25, 0.3) is 0 Å². The van der Waals surface area contributed by atoms with Gasteiger partial charge in [0.1, 0.15) is 6.11 Å². The van der Waals surface area contributed by atoms with Crippen LogP contribution in [0.4, 0.5) is 4.79 Å². The maximum atomic E-state index is 11.3. The molecule has 0 bridgehead atoms. The Kier molecular flexibility index (Phi) is 5.97. The lowest BCUT2D eigenvalue weighted by Crippen LogP contribution is -2.07. The molecule has 0 spiro atoms. The molecule has 0 aromatic heterocycles. The van der Waals surface area contributed by atoms with E-state index < -0.39 is 20.1 Å². The van der Waals surface area contributed by atoms with E-state index in [4.69, 9.17) is 0 Å². The fourth-order valence-electron chi connectivity index (χ4n) is 0.434. The molecule has 0 atom stereocenters. The third kappa shape index (κ3) is 4.87. The van der Waals surface area contributed by atoms with Crippen molar-refractivity contribution in [3.05, 3.63) is 0 Å². The smallest absolute Gasteiger partial charge is 0.420 e. The Hall–Kier alpha value is -1.02. The van der Waals surface area contributed by atoms with Gasteiger partial charge in [0.2, 0.25) is 0 Å². The first kappa shape index (κ1) is 13.0. The minimum absolute atomic E-state index is 0.510. The zero-order chi connectivity index (χ0) is 11.0. The van der Waals surface area contributed by atoms with Crippen molar-refractivity contribution in [3.63, 3.8) is 0 Å². The molecule has 0 heterocycles. The summed E-state index contributed by atoms with van der Waals surface area (Å²) < 4.78 is 29.0. The molecule has 0 N–H and O–H groups in total. The van der Waals surface area contributed by atoms with Gasteiger partial charge in [-0.2, -0.15) is 0 Å². The summed E-state index contributed by atoms with van der Waals surface area (Å²) in [6.07, 6.45) is 0.467. The van der Waals surface area contributed by atoms with E-state index in [1.54, 1.807) is 0 Å². The van der Waals surface area contributed by atoms with Gasteiger partial charge in [-0.3, -0.25) is 4.57 Å². The van der Waals surface area contributed by atoms with Crippen LogP contribution < -0.4 is 0 Å². The zero-order valence-electron chi connectivity index (χ0n) is 8.10. The van der Waals surface area contributed by atoms with Gasteiger partial charge >= 0.3 is 13.8 Å². The van der Waals surface area contributed by atoms with E-state index in [0.717, 1.165) is 0 Å². The number of carbonyl (C=O) groups excluding carboxylic acids is 1. The van der Waals surface area contributed by atoms with E-state index in [0.29, 0.717) is 0 Å². The Bertz CT molecular complexity index is 280. The highest BCUT2D eigenvalue weighted by molar-refractivity contribution is 7.53. The average molecular weight is 222 g/mol. The van der Waals surface area contributed by atoms with Crippen molar-refractivity contribution in [2.24, 2.45) is 0 Å². The second-order valence-electron chi connectivity index (χ2n) is 1.95. The minimum atomic E-state index is -3.34. The highest BCUT2D eigenvalue weighted by atomic mass is 31.2. The van der Waals surface area contributed by atoms with Crippen LogP contribution in [0, 0.1) is 12.0 Å². The van der Waals surface area contributed by atoms with Crippen molar-refractivity contribution in [2.45, 2.75) is 6.92 Å². The molecule has 6 nitrogen and oxygen atoms in total. The average Bonchev–Trinajstić information content (AvgIpc) is 2.23. The van der Waals surface area contributed by atoms with Crippen molar-refractivity contribution >= 4 is 13.8 Å². The lowest BCUT2D eigenvalue weighted by molar-refractivity contribution is 0.0969. The molecule has 14 heavy (non-hydrogen) atoms. The SMILES string of the molecule is CC#COC(=O)OCP(=O)(OC)OC. The van der Waals surface area contributed by atoms with Crippen molar-refractivity contribution < 1.29 is 27.9 Å². The maximum absolute atomic E-state index is 11.3. The maximum Gasteiger partial charge on any atom is 0.523 e. The molecule has 0 aromatic rings. The molecule has 7 heteroatoms. The van der Waals surface area contributed by atoms with Crippen LogP contribution in [0.3, 0.4) is 0 Å². The van der Waals surface area contributed by atoms with E-state index in [1.807, 2.05) is 6.11 Å². The lowest BCUT2D eigenvalue weighted by atomic mass is 10.8. The summed E-state index contributed by atoms with van der Waals surface area (Å²) >= 11 is 0. The van der Waals surface area contributed by atoms with E-state index in [2.05, 4.69) is 24.4 Å². The Morgan fingerprint density at radius 3 is 2.36 bits per heavy atom. The minimum Gasteiger partial charge on any atom is -0.420 e. The summed E-state index contributed by atoms with van der Waals surface area (Å²) in [5, 5.41) is 0. The Labute approximate surface area is 82.0 Å². The van der Waals surface area contributed by atoms with Crippen LogP contribution >= 0.6 is 7.60 Å². The summed E-state index contributed by atoms with van der Waals surface area (Å²) in [5.41, 5.74) is 0. The summed E-state index contributed by atoms with van der Waals surface area (Å²) in [6.45, 7) is 1.49. The number of carbonyl (C=O) groups is 1. The first-order chi connectivity index (χ1) is 6.58. The van der Waals surface area contributed by atoms with Crippen LogP contribution in [0.25, 0.3) is 0 Å². The highest BCUT2D eigenvalue weighted by Gasteiger charge is 2.23. The second-order valence-corrected chi connectivity index (χ2v) is 4.16. The number of rotatable bonds is 4. The van der Waals surface area contributed by atoms with E-state index in [1.165, 1.54) is 21.1 Å². The predicted octanol–water partition coefficient (Wildman–Crippen LogP) is 1.56. The van der Waals surface area contributed by atoms with Crippen molar-refractivity contribution in [1.82, 2.24) is 0 Å². The molecule has 0 radical (unpaired) electrons. The largest absolute Gasteiger partial charge is 0.523 e. The van der Waals surface area contributed by atoms with Gasteiger partial charge in [-0.25, -0.2) is 4.79 Å². The molecular weight excluding hydrogens is 211 g/mol. The van der Waals surface area contributed by atoms with Crippen molar-refractivity contribution in [1.29, 1.82) is 0 Å². The quantitative estimate of drug-likeness (QED) is 0.408. The topological polar surface area (TPSA) is 71.1 Å². The first-order valence-electron chi connectivity index (χ1n) is 3.54. The van der Waals surface area contributed by atoms with E-state index in [9.17, 15) is 9.36 Å². The van der Waals surface area contributed by atoms with Crippen LogP contribution in [0.15, 0.2) is 0 Å². The monoisotopic (exact) mass is 222 g/mol. The van der Waals surface area contributed by atoms with Gasteiger partial charge in [0.15, 0.2) is 6.35 Å². The highest BCUT2D eigenvalue weighted by Crippen LogP contribution is 2.46. The standard InChI is InChI=1S/C7H11O6P/c1-4-5-12-7(8)13-6-14(9,10-2)11-3/h6H2,1-3H3. The third-order valence-electron chi connectivity index (χ3n) is 1.13. The normalized spacial score (nSPS) is 9.93. The Balaban J connectivity index is 3.96. The summed E-state index contributed by atoms with van der Waals surface area (Å²) in [6, 6.07) is 0. The Morgan fingerprint density at radius 1 is 1.36 bits per heavy atom. The summed E-state index contributed by atoms with van der Waals surface area (Å²) in [4.78, 5) is 10.7. The summed E-state index contributed by atoms with van der Waals surface area (Å²) in [5.74, 6) is 2.32. The molecule has 0 aromatic carbocycles. The van der Waals surface area contributed by atoms with Crippen molar-refractivity contribution in [3.8, 4) is 12.0 Å². The van der Waals surface area contributed by atoms with E-state index >= 15 is 0 Å². The number of hydrogen-bond donors (Lipinski definition) is 0. The molecule has 80 valence electrons. The van der Waals surface area contributed by atoms with Crippen LogP contribution in [-0.2, 0) is 23.1 Å². The molecule has 0 fully saturated rings. The van der Waals surface area contributed by atoms with Crippen molar-refractivity contribution in [2.75, 3.05) is 20.6 Å². The van der Waals surface area contributed by atoms with Gasteiger partial charge in [0.05, 0.1) is 0 Å². The van der Waals surface area contributed by atoms with Crippen LogP contribution in [0.1, 0.15) is 6.92 Å². The molecule has 0 aliphatic rings. The molecule has 0 aliphatic carbocycles. The number of hydrogen-bond acceptors (Lipinski definition) is 6. The second kappa shape index (κ2) is 6.44. The predicted molar refractivity (Wildman–Crippen MR) is 47.5 cm³/mol. The number of ether oxygens (including phenoxy) is 2. The molecule has 0 rings (SSSR count). The summed E-state index contributed by atoms with van der Waals surface area (Å²) in [7, 11) is -0.968. The first-order valence-corrected chi connectivity index (χ1v) is 5.26. The van der Waals surface area contributed by atoms with Gasteiger partial charge < -0.3 is 18.5 Å². The third-order valence-corrected chi connectivity index (χ3v) is 2.69. The molecule has 0 saturated heterocycles. The van der Waals surface area contributed by atoms with Crippen LogP contribution in [-0.4, -0.2) is 26.7 Å². The lowest BCUT2D eigenvalue weighted by Gasteiger charge is -2.11. The molecule has 0 amide bonds. The fraction of sp³-hybridized carbons (Fsp3) is 0.571. The van der Waals surface area contributed by atoms with Gasteiger partial charge in [-0.05, 0) is 0 Å². The Morgan fingerprint density at radius 2 is 1.93 bits per heavy atom. The molecule has 0 aliphatic heterocycles. The van der Waals surface area contributed by atoms with Gasteiger partial charge in [-0.1, -0.05) is 5.92 Å².